The lowest BCUT2D eigenvalue weighted by atomic mass is 10.1. The molecule has 2 aromatic carbocycles. The summed E-state index contributed by atoms with van der Waals surface area (Å²) in [6.07, 6.45) is 2.93. The predicted molar refractivity (Wildman–Crippen MR) is 164 cm³/mol. The number of benzene rings is 2. The first-order valence-electron chi connectivity index (χ1n) is 11.2. The fourth-order valence-corrected chi connectivity index (χ4v) is 4.31. The second-order valence-electron chi connectivity index (χ2n) is 7.91. The van der Waals surface area contributed by atoms with Crippen LogP contribution in [0.5, 0.6) is 0 Å². The summed E-state index contributed by atoms with van der Waals surface area (Å²) in [5.41, 5.74) is 4.65. The summed E-state index contributed by atoms with van der Waals surface area (Å²) >= 11 is 3.38. The lowest BCUT2D eigenvalue weighted by Gasteiger charge is -2.02. The first-order chi connectivity index (χ1) is 16.9. The first-order valence-corrected chi connectivity index (χ1v) is 12.0. The van der Waals surface area contributed by atoms with Crippen molar-refractivity contribution in [3.63, 3.8) is 0 Å². The van der Waals surface area contributed by atoms with Gasteiger partial charge < -0.3 is 29.7 Å². The summed E-state index contributed by atoms with van der Waals surface area (Å²) in [4.78, 5) is 29.7. The number of hydrogen-bond acceptors (Lipinski definition) is 6. The molecule has 10 heteroatoms. The highest BCUT2D eigenvalue weighted by Crippen LogP contribution is 2.26. The minimum atomic E-state index is -0.364. The summed E-state index contributed by atoms with van der Waals surface area (Å²) in [6.45, 7) is 0.322. The van der Waals surface area contributed by atoms with Crippen LogP contribution in [-0.2, 0) is 22.3 Å². The molecule has 0 spiro atoms. The number of halogens is 1. The maximum Gasteiger partial charge on any atom is 0.340 e. The Morgan fingerprint density at radius 1 is 0.769 bits per heavy atom. The quantitative estimate of drug-likeness (QED) is 0.144. The fourth-order valence-electron chi connectivity index (χ4n) is 3.84. The van der Waals surface area contributed by atoms with E-state index in [2.05, 4.69) is 25.9 Å². The van der Waals surface area contributed by atoms with Crippen molar-refractivity contribution in [1.29, 1.82) is 0 Å². The lowest BCUT2D eigenvalue weighted by Crippen LogP contribution is -2.02. The molecule has 0 fully saturated rings. The van der Waals surface area contributed by atoms with E-state index in [-0.39, 0.29) is 55.8 Å². The molecule has 0 aliphatic carbocycles. The largest absolute Gasteiger partial charge is 0.465 e. The van der Waals surface area contributed by atoms with Crippen molar-refractivity contribution in [2.45, 2.75) is 48.0 Å². The molecule has 0 aliphatic heterocycles. The Labute approximate surface area is 241 Å². The van der Waals surface area contributed by atoms with Gasteiger partial charge in [-0.2, -0.15) is 0 Å². The lowest BCUT2D eigenvalue weighted by molar-refractivity contribution is 0.0593. The molecule has 4 aromatic rings. The smallest absolute Gasteiger partial charge is 0.340 e. The Morgan fingerprint density at radius 3 is 1.77 bits per heavy atom. The molecule has 2 aromatic heterocycles. The van der Waals surface area contributed by atoms with E-state index in [1.165, 1.54) is 14.2 Å². The van der Waals surface area contributed by atoms with Crippen molar-refractivity contribution in [2.24, 2.45) is 0 Å². The number of aromatic nitrogens is 2. The second kappa shape index (κ2) is 18.3. The zero-order valence-corrected chi connectivity index (χ0v) is 21.9. The highest BCUT2D eigenvalue weighted by molar-refractivity contribution is 9.10. The van der Waals surface area contributed by atoms with Crippen LogP contribution in [0.15, 0.2) is 46.9 Å². The van der Waals surface area contributed by atoms with Gasteiger partial charge in [0, 0.05) is 48.3 Å². The number of rotatable bonds is 8. The van der Waals surface area contributed by atoms with Gasteiger partial charge in [0.1, 0.15) is 0 Å². The van der Waals surface area contributed by atoms with Gasteiger partial charge in [0.05, 0.1) is 36.4 Å². The Hall–Kier alpha value is -3.08. The van der Waals surface area contributed by atoms with E-state index < -0.39 is 0 Å². The molecular formula is C29H41BBrN2O6. The third kappa shape index (κ3) is 9.56. The van der Waals surface area contributed by atoms with Gasteiger partial charge >= 0.3 is 11.9 Å². The van der Waals surface area contributed by atoms with E-state index in [0.29, 0.717) is 24.0 Å². The number of H-pyrrole nitrogens is 2. The molecule has 0 unspecified atom stereocenters. The van der Waals surface area contributed by atoms with Crippen LogP contribution in [0.25, 0.3) is 21.8 Å². The second-order valence-corrected chi connectivity index (χ2v) is 8.83. The number of carbonyl (C=O) groups is 2. The molecule has 213 valence electrons. The molecule has 39 heavy (non-hydrogen) atoms. The number of aliphatic hydroxyl groups excluding tert-OH is 2. The predicted octanol–water partition coefficient (Wildman–Crippen LogP) is 6.05. The van der Waals surface area contributed by atoms with Gasteiger partial charge in [-0.3, -0.25) is 0 Å². The van der Waals surface area contributed by atoms with Crippen molar-refractivity contribution in [2.75, 3.05) is 27.4 Å². The number of ether oxygens (including phenoxy) is 2. The van der Waals surface area contributed by atoms with Gasteiger partial charge in [-0.05, 0) is 56.0 Å². The molecule has 0 amide bonds. The number of hydrogen-bond donors (Lipinski definition) is 4. The highest BCUT2D eigenvalue weighted by atomic mass is 79.9. The van der Waals surface area contributed by atoms with Crippen molar-refractivity contribution in [3.8, 4) is 0 Å². The Kier molecular flexibility index (Phi) is 17.8. The summed E-state index contributed by atoms with van der Waals surface area (Å²) < 4.78 is 10.3. The summed E-state index contributed by atoms with van der Waals surface area (Å²) in [5, 5.41) is 19.6. The maximum atomic E-state index is 11.7. The molecule has 2 heterocycles. The summed E-state index contributed by atoms with van der Waals surface area (Å²) in [6, 6.07) is 13.2. The molecule has 0 aliphatic rings. The third-order valence-corrected chi connectivity index (χ3v) is 5.94. The molecule has 4 N–H and O–H groups in total. The van der Waals surface area contributed by atoms with E-state index in [1.54, 1.807) is 12.1 Å². The first kappa shape index (κ1) is 38.1. The molecule has 4 rings (SSSR count). The fraction of sp³-hybridized carbons (Fsp3) is 0.379. The van der Waals surface area contributed by atoms with Gasteiger partial charge in [-0.25, -0.2) is 9.59 Å². The monoisotopic (exact) mass is 603 g/mol. The van der Waals surface area contributed by atoms with Crippen molar-refractivity contribution >= 4 is 58.1 Å². The number of carbonyl (C=O) groups excluding carboxylic acids is 2. The minimum absolute atomic E-state index is 0. The van der Waals surface area contributed by atoms with E-state index >= 15 is 0 Å². The van der Waals surface area contributed by atoms with Gasteiger partial charge in [0.2, 0.25) is 0 Å². The Balaban J connectivity index is 0. The number of nitrogens with one attached hydrogen (secondary N) is 2. The maximum absolute atomic E-state index is 11.7. The van der Waals surface area contributed by atoms with Crippen molar-refractivity contribution < 1.29 is 29.3 Å². The average Bonchev–Trinajstić information content (AvgIpc) is 3.48. The highest BCUT2D eigenvalue weighted by Gasteiger charge is 2.14. The number of para-hydroxylation sites is 1. The molecule has 3 radical (unpaired) electrons. The normalized spacial score (nSPS) is 9.67. The van der Waals surface area contributed by atoms with Crippen LogP contribution in [0.2, 0.25) is 0 Å². The van der Waals surface area contributed by atoms with E-state index in [4.69, 9.17) is 19.7 Å². The van der Waals surface area contributed by atoms with Crippen LogP contribution in [0, 0.1) is 0 Å². The summed E-state index contributed by atoms with van der Waals surface area (Å²) in [5.74, 6) is -0.706. The Morgan fingerprint density at radius 2 is 1.26 bits per heavy atom. The average molecular weight is 604 g/mol. The zero-order valence-electron chi connectivity index (χ0n) is 20.3. The molecule has 8 nitrogen and oxygen atoms in total. The van der Waals surface area contributed by atoms with E-state index in [1.807, 2.05) is 30.3 Å². The van der Waals surface area contributed by atoms with Gasteiger partial charge in [0.15, 0.2) is 0 Å². The van der Waals surface area contributed by atoms with Gasteiger partial charge in [-0.1, -0.05) is 50.3 Å². The number of methoxy groups -OCH3 is 2. The zero-order chi connectivity index (χ0) is 25.4. The van der Waals surface area contributed by atoms with E-state index in [0.717, 1.165) is 50.5 Å². The number of aryl methyl sites for hydroxylation is 2. The van der Waals surface area contributed by atoms with E-state index in [9.17, 15) is 9.59 Å². The van der Waals surface area contributed by atoms with Gasteiger partial charge in [0.25, 0.3) is 0 Å². The van der Waals surface area contributed by atoms with Gasteiger partial charge in [-0.15, -0.1) is 0 Å². The topological polar surface area (TPSA) is 125 Å². The van der Waals surface area contributed by atoms with Crippen LogP contribution < -0.4 is 0 Å². The third-order valence-electron chi connectivity index (χ3n) is 5.48. The molecule has 0 bridgehead atoms. The number of aromatic amines is 2. The van der Waals surface area contributed by atoms with Crippen LogP contribution in [0.3, 0.4) is 0 Å². The van der Waals surface area contributed by atoms with Crippen LogP contribution in [0.1, 0.15) is 67.2 Å². The van der Waals surface area contributed by atoms with Crippen molar-refractivity contribution in [1.82, 2.24) is 9.97 Å². The molecule has 0 saturated carbocycles. The molecule has 0 atom stereocenters. The summed E-state index contributed by atoms with van der Waals surface area (Å²) in [7, 11) is 2.74. The van der Waals surface area contributed by atoms with Crippen LogP contribution in [-0.4, -0.2) is 68.0 Å². The van der Waals surface area contributed by atoms with Crippen LogP contribution >= 0.6 is 15.9 Å². The number of aliphatic hydroxyl groups is 2. The van der Waals surface area contributed by atoms with Crippen molar-refractivity contribution in [3.05, 3.63) is 69.5 Å². The minimum Gasteiger partial charge on any atom is -0.465 e. The number of esters is 2. The molecule has 0 saturated heterocycles. The van der Waals surface area contributed by atoms with Crippen LogP contribution in [0.4, 0.5) is 0 Å². The number of fused-ring (bicyclic) bond motifs is 2. The standard InChI is InChI=1S/C13H14BrNO3.C13H15NO3.3CH4.B/c1-18-13(17)11-7-9(14)5-8-6-10(3-2-4-16)15-12(8)11;1-17-13(16)11-6-2-4-9-8-10(5-3-7-15)14-12(9)11;;;;/h5-7,15-16H,2-4H2,1H3;2,4,6,8,14-15H,3,5,7H2,1H3;3*1H4;. The molecular weight excluding hydrogens is 563 g/mol. The SMILES string of the molecule is C.C.C.COC(=O)c1cc(Br)cc2cc(CCCO)[nH]c12.COC(=O)c1cccc2cc(CCCO)[nH]c12.[B]. The Bertz CT molecular complexity index is 1320.